The maximum Gasteiger partial charge on any atom is 0.338 e. The number of benzene rings is 2. The van der Waals surface area contributed by atoms with E-state index in [-0.39, 0.29) is 5.56 Å². The summed E-state index contributed by atoms with van der Waals surface area (Å²) in [5.41, 5.74) is 2.54. The number of methoxy groups -OCH3 is 2. The molecule has 0 unspecified atom stereocenters. The average Bonchev–Trinajstić information content (AvgIpc) is 2.60. The van der Waals surface area contributed by atoms with Crippen LogP contribution in [0.2, 0.25) is 0 Å². The van der Waals surface area contributed by atoms with Crippen LogP contribution in [0.3, 0.4) is 0 Å². The Morgan fingerprint density at radius 1 is 1.04 bits per heavy atom. The second-order valence-corrected chi connectivity index (χ2v) is 4.96. The maximum atomic E-state index is 13.7. The maximum absolute atomic E-state index is 13.7. The largest absolute Gasteiger partial charge is 0.496 e. The lowest BCUT2D eigenvalue weighted by Crippen LogP contribution is -2.07. The van der Waals surface area contributed by atoms with Crippen molar-refractivity contribution in [1.82, 2.24) is 0 Å². The van der Waals surface area contributed by atoms with Gasteiger partial charge in [0.05, 0.1) is 25.5 Å². The fourth-order valence-electron chi connectivity index (χ4n) is 2.36. The first-order chi connectivity index (χ1) is 11.5. The average molecular weight is 331 g/mol. The Balaban J connectivity index is 2.68. The summed E-state index contributed by atoms with van der Waals surface area (Å²) < 4.78 is 23.8. The molecule has 5 nitrogen and oxygen atoms in total. The highest BCUT2D eigenvalue weighted by molar-refractivity contribution is 6.04. The third kappa shape index (κ3) is 3.53. The number of carbonyl (C=O) groups is 1. The number of carbonyl (C=O) groups excluding carboxylic acids is 1. The molecule has 0 amide bonds. The van der Waals surface area contributed by atoms with Gasteiger partial charge in [0.15, 0.2) is 0 Å². The van der Waals surface area contributed by atoms with Crippen LogP contribution in [0, 0.1) is 5.82 Å². The van der Waals surface area contributed by atoms with E-state index < -0.39 is 11.8 Å². The van der Waals surface area contributed by atoms with E-state index in [1.807, 2.05) is 0 Å². The van der Waals surface area contributed by atoms with Crippen LogP contribution in [-0.4, -0.2) is 33.0 Å². The Morgan fingerprint density at radius 2 is 1.79 bits per heavy atom. The normalized spacial score (nSPS) is 11.1. The van der Waals surface area contributed by atoms with Gasteiger partial charge < -0.3 is 14.3 Å². The molecule has 0 radical (unpaired) electrons. The molecular weight excluding hydrogens is 313 g/mol. The van der Waals surface area contributed by atoms with E-state index in [2.05, 4.69) is 5.16 Å². The van der Waals surface area contributed by atoms with E-state index in [1.54, 1.807) is 25.1 Å². The topological polar surface area (TPSA) is 57.1 Å². The van der Waals surface area contributed by atoms with Crippen LogP contribution < -0.4 is 4.74 Å². The second-order valence-electron chi connectivity index (χ2n) is 4.96. The molecule has 0 atom stereocenters. The number of oxime groups is 1. The van der Waals surface area contributed by atoms with Gasteiger partial charge in [-0.2, -0.15) is 0 Å². The molecule has 0 spiro atoms. The van der Waals surface area contributed by atoms with Gasteiger partial charge in [-0.05, 0) is 36.8 Å². The van der Waals surface area contributed by atoms with Crippen LogP contribution in [0.4, 0.5) is 4.39 Å². The van der Waals surface area contributed by atoms with E-state index >= 15 is 0 Å². The summed E-state index contributed by atoms with van der Waals surface area (Å²) in [6, 6.07) is 9.22. The lowest BCUT2D eigenvalue weighted by molar-refractivity contribution is 0.0601. The predicted octanol–water partition coefficient (Wildman–Crippen LogP) is 3.66. The zero-order valence-electron chi connectivity index (χ0n) is 13.9. The smallest absolute Gasteiger partial charge is 0.338 e. The third-order valence-electron chi connectivity index (χ3n) is 3.52. The van der Waals surface area contributed by atoms with E-state index in [9.17, 15) is 9.18 Å². The first-order valence-electron chi connectivity index (χ1n) is 7.16. The molecule has 0 aliphatic carbocycles. The monoisotopic (exact) mass is 331 g/mol. The van der Waals surface area contributed by atoms with Crippen molar-refractivity contribution in [2.24, 2.45) is 5.16 Å². The number of halogens is 1. The molecule has 0 saturated carbocycles. The van der Waals surface area contributed by atoms with Crippen LogP contribution in [0.15, 0.2) is 41.6 Å². The predicted molar refractivity (Wildman–Crippen MR) is 88.9 cm³/mol. The van der Waals surface area contributed by atoms with Gasteiger partial charge in [-0.25, -0.2) is 9.18 Å². The van der Waals surface area contributed by atoms with Crippen molar-refractivity contribution >= 4 is 11.7 Å². The summed E-state index contributed by atoms with van der Waals surface area (Å²) in [4.78, 5) is 17.0. The number of rotatable bonds is 5. The quantitative estimate of drug-likeness (QED) is 0.477. The van der Waals surface area contributed by atoms with Crippen molar-refractivity contribution in [2.75, 3.05) is 21.3 Å². The Morgan fingerprint density at radius 3 is 2.42 bits per heavy atom. The zero-order chi connectivity index (χ0) is 17.7. The first-order valence-corrected chi connectivity index (χ1v) is 7.16. The van der Waals surface area contributed by atoms with E-state index in [0.29, 0.717) is 28.2 Å². The van der Waals surface area contributed by atoms with Crippen molar-refractivity contribution in [3.63, 3.8) is 0 Å². The summed E-state index contributed by atoms with van der Waals surface area (Å²) in [5, 5.41) is 3.85. The molecule has 0 saturated heterocycles. The van der Waals surface area contributed by atoms with Gasteiger partial charge in [0.1, 0.15) is 18.7 Å². The lowest BCUT2D eigenvalue weighted by atomic mass is 9.95. The van der Waals surface area contributed by atoms with Gasteiger partial charge in [0.25, 0.3) is 0 Å². The van der Waals surface area contributed by atoms with Crippen molar-refractivity contribution in [3.05, 3.63) is 53.3 Å². The van der Waals surface area contributed by atoms with Gasteiger partial charge in [-0.1, -0.05) is 17.3 Å². The van der Waals surface area contributed by atoms with Crippen molar-refractivity contribution < 1.29 is 23.5 Å². The fourth-order valence-corrected chi connectivity index (χ4v) is 2.36. The molecule has 0 bridgehead atoms. The van der Waals surface area contributed by atoms with Crippen LogP contribution in [0.1, 0.15) is 22.8 Å². The van der Waals surface area contributed by atoms with Gasteiger partial charge in [0, 0.05) is 11.1 Å². The molecule has 0 N–H and O–H groups in total. The van der Waals surface area contributed by atoms with E-state index in [4.69, 9.17) is 14.3 Å². The molecule has 0 aliphatic heterocycles. The Kier molecular flexibility index (Phi) is 5.52. The minimum Gasteiger partial charge on any atom is -0.496 e. The van der Waals surface area contributed by atoms with Crippen molar-refractivity contribution in [2.45, 2.75) is 6.92 Å². The van der Waals surface area contributed by atoms with Gasteiger partial charge >= 0.3 is 5.97 Å². The van der Waals surface area contributed by atoms with Crippen LogP contribution in [0.25, 0.3) is 11.1 Å². The molecule has 126 valence electrons. The molecule has 2 aromatic rings. The molecule has 6 heteroatoms. The van der Waals surface area contributed by atoms with Gasteiger partial charge in [-0.3, -0.25) is 0 Å². The van der Waals surface area contributed by atoms with Crippen molar-refractivity contribution in [3.8, 4) is 16.9 Å². The number of hydrogen-bond donors (Lipinski definition) is 0. The van der Waals surface area contributed by atoms with E-state index in [0.717, 1.165) is 0 Å². The summed E-state index contributed by atoms with van der Waals surface area (Å²) >= 11 is 0. The Hall–Kier alpha value is -2.89. The highest BCUT2D eigenvalue weighted by Gasteiger charge is 2.18. The molecule has 0 aliphatic rings. The van der Waals surface area contributed by atoms with Crippen molar-refractivity contribution in [1.29, 1.82) is 0 Å². The van der Waals surface area contributed by atoms with Gasteiger partial charge in [0.2, 0.25) is 0 Å². The molecule has 24 heavy (non-hydrogen) atoms. The fraction of sp³-hybridized carbons (Fsp3) is 0.222. The zero-order valence-corrected chi connectivity index (χ0v) is 13.9. The minimum atomic E-state index is -0.539. The number of esters is 1. The molecule has 0 aromatic heterocycles. The highest BCUT2D eigenvalue weighted by atomic mass is 19.1. The first kappa shape index (κ1) is 17.5. The number of ether oxygens (including phenoxy) is 2. The van der Waals surface area contributed by atoms with Gasteiger partial charge in [-0.15, -0.1) is 0 Å². The second kappa shape index (κ2) is 7.59. The minimum absolute atomic E-state index is 0.282. The van der Waals surface area contributed by atoms with Crippen LogP contribution >= 0.6 is 0 Å². The number of nitrogens with zero attached hydrogens (tertiary/aromatic N) is 1. The molecule has 0 heterocycles. The third-order valence-corrected chi connectivity index (χ3v) is 3.52. The van der Waals surface area contributed by atoms with Crippen LogP contribution in [0.5, 0.6) is 5.75 Å². The molecular formula is C18H18FNO4. The molecule has 2 rings (SSSR count). The lowest BCUT2D eigenvalue weighted by Gasteiger charge is -2.13. The highest BCUT2D eigenvalue weighted by Crippen LogP contribution is 2.34. The van der Waals surface area contributed by atoms with E-state index in [1.165, 1.54) is 39.5 Å². The Bertz CT molecular complexity index is 787. The summed E-state index contributed by atoms with van der Waals surface area (Å²) in [6.07, 6.45) is 0. The number of hydrogen-bond acceptors (Lipinski definition) is 5. The SMILES string of the molecule is CON=C(C)c1ccc(-c2cc(F)ccc2OC)c(C(=O)OC)c1. The summed E-state index contributed by atoms with van der Waals surface area (Å²) in [7, 11) is 4.21. The standard InChI is InChI=1S/C18H18FNO4/c1-11(20-24-4)12-5-7-14(16(9-12)18(21)23-3)15-10-13(19)6-8-17(15)22-2/h5-10H,1-4H3. The molecule has 0 fully saturated rings. The molecule has 2 aromatic carbocycles. The van der Waals surface area contributed by atoms with Crippen LogP contribution in [-0.2, 0) is 9.57 Å². The summed E-state index contributed by atoms with van der Waals surface area (Å²) in [6.45, 7) is 1.75. The Labute approximate surface area is 139 Å². The summed E-state index contributed by atoms with van der Waals surface area (Å²) in [5.74, 6) is -0.511.